The molecule has 1 aliphatic rings. The highest BCUT2D eigenvalue weighted by Crippen LogP contribution is 2.38. The highest BCUT2D eigenvalue weighted by molar-refractivity contribution is 7.89. The van der Waals surface area contributed by atoms with Crippen LogP contribution in [-0.4, -0.2) is 34.4 Å². The molecule has 0 aliphatic carbocycles. The Kier molecular flexibility index (Phi) is 4.98. The Morgan fingerprint density at radius 3 is 2.78 bits per heavy atom. The maximum Gasteiger partial charge on any atom is 0.259 e. The van der Waals surface area contributed by atoms with Gasteiger partial charge in [-0.2, -0.15) is 4.31 Å². The van der Waals surface area contributed by atoms with E-state index >= 15 is 0 Å². The Balaban J connectivity index is 1.67. The molecule has 0 amide bonds. The fourth-order valence-corrected chi connectivity index (χ4v) is 5.78. The first-order valence-electron chi connectivity index (χ1n) is 8.08. The number of sulfonamides is 1. The van der Waals surface area contributed by atoms with E-state index in [0.717, 1.165) is 10.6 Å². The fourth-order valence-electron chi connectivity index (χ4n) is 3.02. The summed E-state index contributed by atoms with van der Waals surface area (Å²) in [5, 5.41) is 8.66. The minimum Gasteiger partial charge on any atom is -0.418 e. The van der Waals surface area contributed by atoms with Crippen LogP contribution in [0.4, 0.5) is 0 Å². The van der Waals surface area contributed by atoms with Crippen LogP contribution < -0.4 is 0 Å². The van der Waals surface area contributed by atoms with E-state index in [9.17, 15) is 8.42 Å². The van der Waals surface area contributed by atoms with Gasteiger partial charge in [0.25, 0.3) is 5.89 Å². The first-order valence-corrected chi connectivity index (χ1v) is 11.2. The zero-order valence-electron chi connectivity index (χ0n) is 14.1. The molecule has 1 saturated heterocycles. The summed E-state index contributed by atoms with van der Waals surface area (Å²) in [6.45, 7) is 2.22. The van der Waals surface area contributed by atoms with Crippen molar-refractivity contribution in [3.63, 3.8) is 0 Å². The van der Waals surface area contributed by atoms with Crippen molar-refractivity contribution in [3.05, 3.63) is 45.3 Å². The van der Waals surface area contributed by atoms with Crippen molar-refractivity contribution in [2.75, 3.05) is 6.54 Å². The van der Waals surface area contributed by atoms with Crippen molar-refractivity contribution in [1.29, 1.82) is 0 Å². The number of halogens is 2. The second-order valence-corrected chi connectivity index (χ2v) is 9.62. The SMILES string of the molecule is Cc1ncsc1-c1nnc(C2CCCN2S(=O)(=O)c2ccc(Cl)c(Cl)c2)o1. The molecule has 3 aromatic rings. The zero-order chi connectivity index (χ0) is 19.2. The van der Waals surface area contributed by atoms with Gasteiger partial charge in [0.05, 0.1) is 26.1 Å². The standard InChI is InChI=1S/C16H14Cl2N4O3S2/c1-9-14(26-8-19-9)16-21-20-15(25-16)13-3-2-6-22(13)27(23,24)10-4-5-11(17)12(18)7-10/h4-5,7-8,13H,2-3,6H2,1H3. The van der Waals surface area contributed by atoms with Gasteiger partial charge in [0.1, 0.15) is 10.9 Å². The third-order valence-corrected chi connectivity index (χ3v) is 7.93. The summed E-state index contributed by atoms with van der Waals surface area (Å²) >= 11 is 13.3. The number of aryl methyl sites for hydroxylation is 1. The van der Waals surface area contributed by atoms with Crippen molar-refractivity contribution < 1.29 is 12.8 Å². The summed E-state index contributed by atoms with van der Waals surface area (Å²) in [6.07, 6.45) is 1.30. The Labute approximate surface area is 170 Å². The van der Waals surface area contributed by atoms with E-state index < -0.39 is 16.1 Å². The smallest absolute Gasteiger partial charge is 0.259 e. The van der Waals surface area contributed by atoms with Gasteiger partial charge in [-0.3, -0.25) is 0 Å². The number of rotatable bonds is 4. The Bertz CT molecular complexity index is 1100. The lowest BCUT2D eigenvalue weighted by molar-refractivity contribution is 0.332. The number of hydrogen-bond acceptors (Lipinski definition) is 7. The van der Waals surface area contributed by atoms with Crippen molar-refractivity contribution in [2.45, 2.75) is 30.7 Å². The second-order valence-electron chi connectivity index (χ2n) is 6.06. The molecular weight excluding hydrogens is 431 g/mol. The Hall–Kier alpha value is -1.52. The van der Waals surface area contributed by atoms with E-state index in [1.165, 1.54) is 33.8 Å². The number of thiazole rings is 1. The first kappa shape index (κ1) is 18.8. The fraction of sp³-hybridized carbons (Fsp3) is 0.312. The van der Waals surface area contributed by atoms with Crippen LogP contribution in [0, 0.1) is 6.92 Å². The summed E-state index contributed by atoms with van der Waals surface area (Å²) in [7, 11) is -3.78. The maximum absolute atomic E-state index is 13.1. The molecule has 142 valence electrons. The maximum atomic E-state index is 13.1. The van der Waals surface area contributed by atoms with Gasteiger partial charge in [0.2, 0.25) is 15.9 Å². The average Bonchev–Trinajstić information content (AvgIpc) is 3.35. The van der Waals surface area contributed by atoms with E-state index in [0.29, 0.717) is 30.3 Å². The van der Waals surface area contributed by atoms with E-state index in [-0.39, 0.29) is 15.8 Å². The predicted molar refractivity (Wildman–Crippen MR) is 102 cm³/mol. The molecule has 1 atom stereocenters. The molecule has 1 unspecified atom stereocenters. The minimum absolute atomic E-state index is 0.0850. The van der Waals surface area contributed by atoms with Crippen LogP contribution >= 0.6 is 34.5 Å². The van der Waals surface area contributed by atoms with Gasteiger partial charge < -0.3 is 4.42 Å². The molecule has 0 saturated carbocycles. The van der Waals surface area contributed by atoms with Gasteiger partial charge >= 0.3 is 0 Å². The second kappa shape index (κ2) is 7.14. The predicted octanol–water partition coefficient (Wildman–Crippen LogP) is 4.33. The van der Waals surface area contributed by atoms with Crippen LogP contribution in [0.5, 0.6) is 0 Å². The summed E-state index contributed by atoms with van der Waals surface area (Å²) in [5.74, 6) is 0.628. The van der Waals surface area contributed by atoms with Crippen LogP contribution in [-0.2, 0) is 10.0 Å². The van der Waals surface area contributed by atoms with Crippen molar-refractivity contribution in [2.24, 2.45) is 0 Å². The quantitative estimate of drug-likeness (QED) is 0.594. The third-order valence-electron chi connectivity index (χ3n) is 4.37. The monoisotopic (exact) mass is 444 g/mol. The molecule has 1 fully saturated rings. The Morgan fingerprint density at radius 2 is 2.07 bits per heavy atom. The first-order chi connectivity index (χ1) is 12.9. The molecular formula is C16H14Cl2N4O3S2. The molecule has 0 radical (unpaired) electrons. The summed E-state index contributed by atoms with van der Waals surface area (Å²) < 4.78 is 33.4. The number of benzene rings is 1. The molecule has 1 aliphatic heterocycles. The molecule has 11 heteroatoms. The van der Waals surface area contributed by atoms with Gasteiger partial charge in [0.15, 0.2) is 0 Å². The molecule has 27 heavy (non-hydrogen) atoms. The topological polar surface area (TPSA) is 89.2 Å². The van der Waals surface area contributed by atoms with Crippen LogP contribution in [0.3, 0.4) is 0 Å². The van der Waals surface area contributed by atoms with Gasteiger partial charge in [0, 0.05) is 6.54 Å². The average molecular weight is 445 g/mol. The van der Waals surface area contributed by atoms with Crippen LogP contribution in [0.1, 0.15) is 30.5 Å². The van der Waals surface area contributed by atoms with Crippen LogP contribution in [0.15, 0.2) is 33.0 Å². The number of aromatic nitrogens is 3. The molecule has 0 spiro atoms. The zero-order valence-corrected chi connectivity index (χ0v) is 17.2. The third kappa shape index (κ3) is 3.38. The van der Waals surface area contributed by atoms with Gasteiger partial charge in [-0.1, -0.05) is 23.2 Å². The highest BCUT2D eigenvalue weighted by atomic mass is 35.5. The molecule has 1 aromatic carbocycles. The molecule has 2 aromatic heterocycles. The van der Waals surface area contributed by atoms with Crippen LogP contribution in [0.25, 0.3) is 10.8 Å². The lowest BCUT2D eigenvalue weighted by Gasteiger charge is -2.21. The minimum atomic E-state index is -3.78. The lowest BCUT2D eigenvalue weighted by atomic mass is 10.2. The summed E-state index contributed by atoms with van der Waals surface area (Å²) in [6, 6.07) is 3.76. The number of nitrogens with zero attached hydrogens (tertiary/aromatic N) is 4. The molecule has 7 nitrogen and oxygen atoms in total. The van der Waals surface area contributed by atoms with Gasteiger partial charge in [-0.05, 0) is 38.0 Å². The van der Waals surface area contributed by atoms with Gasteiger partial charge in [-0.25, -0.2) is 13.4 Å². The van der Waals surface area contributed by atoms with Gasteiger partial charge in [-0.15, -0.1) is 21.5 Å². The van der Waals surface area contributed by atoms with Crippen LogP contribution in [0.2, 0.25) is 10.0 Å². The Morgan fingerprint density at radius 1 is 1.26 bits per heavy atom. The van der Waals surface area contributed by atoms with Crippen molar-refractivity contribution in [1.82, 2.24) is 19.5 Å². The largest absolute Gasteiger partial charge is 0.418 e. The van der Waals surface area contributed by atoms with E-state index in [1.54, 1.807) is 5.51 Å². The summed E-state index contributed by atoms with van der Waals surface area (Å²) in [4.78, 5) is 5.04. The van der Waals surface area contributed by atoms with E-state index in [4.69, 9.17) is 27.6 Å². The number of hydrogen-bond donors (Lipinski definition) is 0. The summed E-state index contributed by atoms with van der Waals surface area (Å²) in [5.41, 5.74) is 2.49. The van der Waals surface area contributed by atoms with E-state index in [2.05, 4.69) is 15.2 Å². The molecule has 0 N–H and O–H groups in total. The lowest BCUT2D eigenvalue weighted by Crippen LogP contribution is -2.30. The molecule has 3 heterocycles. The molecule has 4 rings (SSSR count). The normalized spacial score (nSPS) is 18.3. The van der Waals surface area contributed by atoms with Crippen molar-refractivity contribution >= 4 is 44.6 Å². The highest BCUT2D eigenvalue weighted by Gasteiger charge is 2.39. The van der Waals surface area contributed by atoms with E-state index in [1.807, 2.05) is 6.92 Å². The molecule has 0 bridgehead atoms. The van der Waals surface area contributed by atoms with Crippen molar-refractivity contribution in [3.8, 4) is 10.8 Å².